The third-order valence-corrected chi connectivity index (χ3v) is 4.45. The van der Waals surface area contributed by atoms with E-state index >= 15 is 0 Å². The first-order chi connectivity index (χ1) is 11.6. The Labute approximate surface area is 142 Å². The highest BCUT2D eigenvalue weighted by Crippen LogP contribution is 2.33. The number of thioether (sulfide) groups is 1. The van der Waals surface area contributed by atoms with Gasteiger partial charge in [-0.15, -0.1) is 10.2 Å². The summed E-state index contributed by atoms with van der Waals surface area (Å²) >= 11 is 1.10. The maximum atomic E-state index is 11.2. The molecule has 0 aliphatic carbocycles. The minimum Gasteiger partial charge on any atom is -0.507 e. The molecule has 3 rings (SSSR count). The standard InChI is InChI=1S/C17H15N3O3S/c1-11(16(22)23)24-17-19-18-15(13-9-5-6-10-14(13)21)20(17)12-7-3-2-4-8-12/h2-11,21H,1H3,(H,22,23)/t11-/m1/s1. The molecule has 0 amide bonds. The third-order valence-electron chi connectivity index (χ3n) is 3.42. The van der Waals surface area contributed by atoms with E-state index in [0.717, 1.165) is 17.4 Å². The Bertz CT molecular complexity index is 865. The lowest BCUT2D eigenvalue weighted by molar-refractivity contribution is -0.136. The van der Waals surface area contributed by atoms with Crippen LogP contribution in [0.1, 0.15) is 6.92 Å². The minimum atomic E-state index is -0.924. The van der Waals surface area contributed by atoms with Gasteiger partial charge in [0.05, 0.1) is 5.56 Å². The summed E-state index contributed by atoms with van der Waals surface area (Å²) in [6.45, 7) is 1.59. The van der Waals surface area contributed by atoms with Crippen molar-refractivity contribution in [1.82, 2.24) is 14.8 Å². The maximum Gasteiger partial charge on any atom is 0.316 e. The number of aromatic hydroxyl groups is 1. The SMILES string of the molecule is C[C@@H](Sc1nnc(-c2ccccc2O)n1-c1ccccc1)C(=O)O. The number of aliphatic carboxylic acids is 1. The highest BCUT2D eigenvalue weighted by molar-refractivity contribution is 8.00. The van der Waals surface area contributed by atoms with Gasteiger partial charge in [-0.05, 0) is 31.2 Å². The predicted octanol–water partition coefficient (Wildman–Crippen LogP) is 3.21. The van der Waals surface area contributed by atoms with Crippen LogP contribution in [0.15, 0.2) is 59.8 Å². The Morgan fingerprint density at radius 3 is 2.42 bits per heavy atom. The van der Waals surface area contributed by atoms with Gasteiger partial charge in [-0.3, -0.25) is 9.36 Å². The number of benzene rings is 2. The lowest BCUT2D eigenvalue weighted by Crippen LogP contribution is -2.12. The van der Waals surface area contributed by atoms with Gasteiger partial charge >= 0.3 is 5.97 Å². The summed E-state index contributed by atoms with van der Waals surface area (Å²) in [6.07, 6.45) is 0. The number of para-hydroxylation sites is 2. The van der Waals surface area contributed by atoms with Gasteiger partial charge in [0.15, 0.2) is 11.0 Å². The maximum absolute atomic E-state index is 11.2. The highest BCUT2D eigenvalue weighted by atomic mass is 32.2. The van der Waals surface area contributed by atoms with E-state index in [1.54, 1.807) is 35.8 Å². The van der Waals surface area contributed by atoms with E-state index in [2.05, 4.69) is 10.2 Å². The Hall–Kier alpha value is -2.80. The average Bonchev–Trinajstić information content (AvgIpc) is 2.99. The monoisotopic (exact) mass is 341 g/mol. The van der Waals surface area contributed by atoms with Gasteiger partial charge in [-0.2, -0.15) is 0 Å². The molecule has 0 aliphatic heterocycles. The molecule has 6 nitrogen and oxygen atoms in total. The van der Waals surface area contributed by atoms with Crippen LogP contribution < -0.4 is 0 Å². The van der Waals surface area contributed by atoms with Crippen LogP contribution in [-0.4, -0.2) is 36.2 Å². The zero-order valence-electron chi connectivity index (χ0n) is 12.8. The summed E-state index contributed by atoms with van der Waals surface area (Å²) in [5.74, 6) is -0.379. The van der Waals surface area contributed by atoms with Gasteiger partial charge in [-0.25, -0.2) is 0 Å². The van der Waals surface area contributed by atoms with Crippen molar-refractivity contribution in [2.45, 2.75) is 17.3 Å². The second-order valence-corrected chi connectivity index (χ2v) is 6.40. The number of aromatic nitrogens is 3. The molecule has 122 valence electrons. The fourth-order valence-corrected chi connectivity index (χ4v) is 3.00. The van der Waals surface area contributed by atoms with E-state index < -0.39 is 11.2 Å². The molecule has 0 unspecified atom stereocenters. The van der Waals surface area contributed by atoms with Crippen LogP contribution in [0, 0.1) is 0 Å². The van der Waals surface area contributed by atoms with Gasteiger partial charge in [0, 0.05) is 5.69 Å². The van der Waals surface area contributed by atoms with E-state index in [1.807, 2.05) is 30.3 Å². The van der Waals surface area contributed by atoms with E-state index in [9.17, 15) is 9.90 Å². The summed E-state index contributed by atoms with van der Waals surface area (Å²) in [7, 11) is 0. The Balaban J connectivity index is 2.15. The summed E-state index contributed by atoms with van der Waals surface area (Å²) in [5, 5.41) is 27.4. The topological polar surface area (TPSA) is 88.2 Å². The molecule has 0 saturated carbocycles. The molecule has 2 aromatic carbocycles. The first-order valence-electron chi connectivity index (χ1n) is 7.26. The number of hydrogen-bond donors (Lipinski definition) is 2. The van der Waals surface area contributed by atoms with Crippen LogP contribution in [0.5, 0.6) is 5.75 Å². The lowest BCUT2D eigenvalue weighted by Gasteiger charge is -2.12. The number of carbonyl (C=O) groups is 1. The second kappa shape index (κ2) is 6.76. The van der Waals surface area contributed by atoms with Crippen LogP contribution in [0.4, 0.5) is 0 Å². The van der Waals surface area contributed by atoms with Crippen LogP contribution in [-0.2, 0) is 4.79 Å². The first-order valence-corrected chi connectivity index (χ1v) is 8.14. The van der Waals surface area contributed by atoms with Crippen molar-refractivity contribution in [3.05, 3.63) is 54.6 Å². The van der Waals surface area contributed by atoms with Crippen molar-refractivity contribution in [1.29, 1.82) is 0 Å². The number of hydrogen-bond acceptors (Lipinski definition) is 5. The molecule has 0 spiro atoms. The summed E-state index contributed by atoms with van der Waals surface area (Å²) < 4.78 is 1.75. The molecule has 0 aliphatic rings. The van der Waals surface area contributed by atoms with E-state index in [-0.39, 0.29) is 5.75 Å². The number of rotatable bonds is 5. The summed E-state index contributed by atoms with van der Waals surface area (Å²) in [4.78, 5) is 11.2. The normalized spacial score (nSPS) is 12.0. The van der Waals surface area contributed by atoms with Gasteiger partial charge in [0.1, 0.15) is 11.0 Å². The molecule has 0 saturated heterocycles. The van der Waals surface area contributed by atoms with Gasteiger partial charge in [0.25, 0.3) is 0 Å². The highest BCUT2D eigenvalue weighted by Gasteiger charge is 2.22. The largest absolute Gasteiger partial charge is 0.507 e. The van der Waals surface area contributed by atoms with Crippen molar-refractivity contribution in [3.8, 4) is 22.8 Å². The third kappa shape index (κ3) is 3.11. The van der Waals surface area contributed by atoms with E-state index in [4.69, 9.17) is 5.11 Å². The summed E-state index contributed by atoms with van der Waals surface area (Å²) in [6, 6.07) is 16.2. The Morgan fingerprint density at radius 2 is 1.75 bits per heavy atom. The van der Waals surface area contributed by atoms with E-state index in [0.29, 0.717) is 16.5 Å². The number of phenols is 1. The molecule has 1 heterocycles. The van der Waals surface area contributed by atoms with E-state index in [1.165, 1.54) is 0 Å². The zero-order chi connectivity index (χ0) is 17.1. The number of carboxylic acids is 1. The smallest absolute Gasteiger partial charge is 0.316 e. The minimum absolute atomic E-state index is 0.0879. The predicted molar refractivity (Wildman–Crippen MR) is 91.4 cm³/mol. The molecule has 1 atom stereocenters. The fourth-order valence-electron chi connectivity index (χ4n) is 2.20. The van der Waals surface area contributed by atoms with Gasteiger partial charge in [-0.1, -0.05) is 42.1 Å². The Morgan fingerprint density at radius 1 is 1.08 bits per heavy atom. The van der Waals surface area contributed by atoms with Crippen molar-refractivity contribution in [3.63, 3.8) is 0 Å². The number of phenolic OH excluding ortho intramolecular Hbond substituents is 1. The van der Waals surface area contributed by atoms with Gasteiger partial charge in [0.2, 0.25) is 0 Å². The van der Waals surface area contributed by atoms with Crippen molar-refractivity contribution >= 4 is 17.7 Å². The zero-order valence-corrected chi connectivity index (χ0v) is 13.6. The van der Waals surface area contributed by atoms with Crippen molar-refractivity contribution in [2.75, 3.05) is 0 Å². The quantitative estimate of drug-likeness (QED) is 0.693. The molecule has 7 heteroatoms. The molecule has 0 fully saturated rings. The molecule has 0 bridgehead atoms. The van der Waals surface area contributed by atoms with Crippen molar-refractivity contribution < 1.29 is 15.0 Å². The molecule has 24 heavy (non-hydrogen) atoms. The number of carboxylic acid groups (broad SMARTS) is 1. The molecular weight excluding hydrogens is 326 g/mol. The first kappa shape index (κ1) is 16.1. The number of nitrogens with zero attached hydrogens (tertiary/aromatic N) is 3. The fraction of sp³-hybridized carbons (Fsp3) is 0.118. The molecule has 3 aromatic rings. The second-order valence-electron chi connectivity index (χ2n) is 5.09. The molecule has 1 aromatic heterocycles. The Kier molecular flexibility index (Phi) is 4.52. The van der Waals surface area contributed by atoms with Gasteiger partial charge < -0.3 is 10.2 Å². The van der Waals surface area contributed by atoms with Crippen LogP contribution >= 0.6 is 11.8 Å². The molecular formula is C17H15N3O3S. The molecule has 0 radical (unpaired) electrons. The molecule has 2 N–H and O–H groups in total. The summed E-state index contributed by atoms with van der Waals surface area (Å²) in [5.41, 5.74) is 1.32. The van der Waals surface area contributed by atoms with Crippen LogP contribution in [0.2, 0.25) is 0 Å². The van der Waals surface area contributed by atoms with Crippen LogP contribution in [0.25, 0.3) is 17.1 Å². The lowest BCUT2D eigenvalue weighted by atomic mass is 10.2. The van der Waals surface area contributed by atoms with Crippen LogP contribution in [0.3, 0.4) is 0 Å². The average molecular weight is 341 g/mol. The van der Waals surface area contributed by atoms with Crippen molar-refractivity contribution in [2.24, 2.45) is 0 Å².